The number of hydrogen-bond donors (Lipinski definition) is 2. The normalized spacial score (nSPS) is 11.0. The van der Waals surface area contributed by atoms with Crippen molar-refractivity contribution in [1.29, 1.82) is 0 Å². The summed E-state index contributed by atoms with van der Waals surface area (Å²) in [4.78, 5) is 29.0. The molecule has 0 atom stereocenters. The predicted octanol–water partition coefficient (Wildman–Crippen LogP) is 3.32. The molecule has 2 aromatic rings. The highest BCUT2D eigenvalue weighted by Gasteiger charge is 2.36. The second-order valence-corrected chi connectivity index (χ2v) is 6.48. The van der Waals surface area contributed by atoms with Crippen LogP contribution in [0, 0.1) is 12.3 Å². The zero-order valence-corrected chi connectivity index (χ0v) is 14.6. The molecule has 0 aliphatic rings. The lowest BCUT2D eigenvalue weighted by Crippen LogP contribution is -2.45. The number of amides is 2. The van der Waals surface area contributed by atoms with Gasteiger partial charge in [0, 0.05) is 16.9 Å². The van der Waals surface area contributed by atoms with Crippen LogP contribution in [0.25, 0.3) is 0 Å². The van der Waals surface area contributed by atoms with E-state index in [9.17, 15) is 9.59 Å². The van der Waals surface area contributed by atoms with Crippen molar-refractivity contribution in [2.75, 3.05) is 5.32 Å². The number of nitrogens with zero attached hydrogens (tertiary/aromatic N) is 1. The zero-order valence-electron chi connectivity index (χ0n) is 13.9. The number of halogens is 1. The number of aryl methyl sites for hydroxylation is 1. The number of rotatable bonds is 5. The van der Waals surface area contributed by atoms with E-state index in [2.05, 4.69) is 15.6 Å². The van der Waals surface area contributed by atoms with Crippen LogP contribution in [0.15, 0.2) is 42.6 Å². The van der Waals surface area contributed by atoms with Gasteiger partial charge in [-0.3, -0.25) is 14.6 Å². The number of carbonyl (C=O) groups excluding carboxylic acids is 2. The minimum Gasteiger partial charge on any atom is -0.350 e. The van der Waals surface area contributed by atoms with Gasteiger partial charge in [0.1, 0.15) is 5.41 Å². The van der Waals surface area contributed by atoms with E-state index in [0.29, 0.717) is 10.7 Å². The van der Waals surface area contributed by atoms with Gasteiger partial charge in [0.25, 0.3) is 0 Å². The molecule has 0 saturated heterocycles. The minimum absolute atomic E-state index is 0.274. The molecule has 1 aromatic heterocycles. The molecular formula is C18H20ClN3O2. The average Bonchev–Trinajstić information content (AvgIpc) is 2.55. The molecule has 0 fully saturated rings. The van der Waals surface area contributed by atoms with Crippen LogP contribution in [0.3, 0.4) is 0 Å². The Bertz CT molecular complexity index is 745. The van der Waals surface area contributed by atoms with Gasteiger partial charge in [0.2, 0.25) is 11.8 Å². The van der Waals surface area contributed by atoms with Crippen molar-refractivity contribution in [3.63, 3.8) is 0 Å². The van der Waals surface area contributed by atoms with Crippen molar-refractivity contribution < 1.29 is 9.59 Å². The molecule has 0 spiro atoms. The summed E-state index contributed by atoms with van der Waals surface area (Å²) in [5.74, 6) is -0.747. The summed E-state index contributed by atoms with van der Waals surface area (Å²) in [5.41, 5.74) is 0.979. The Hall–Kier alpha value is -2.40. The Balaban J connectivity index is 2.02. The largest absolute Gasteiger partial charge is 0.350 e. The topological polar surface area (TPSA) is 71.1 Å². The van der Waals surface area contributed by atoms with E-state index in [0.717, 1.165) is 11.3 Å². The van der Waals surface area contributed by atoms with Crippen molar-refractivity contribution in [1.82, 2.24) is 10.3 Å². The summed E-state index contributed by atoms with van der Waals surface area (Å²) in [5, 5.41) is 6.12. The van der Waals surface area contributed by atoms with Gasteiger partial charge in [-0.25, -0.2) is 0 Å². The van der Waals surface area contributed by atoms with E-state index in [-0.39, 0.29) is 18.4 Å². The van der Waals surface area contributed by atoms with E-state index in [1.54, 1.807) is 44.3 Å². The molecule has 126 valence electrons. The molecule has 1 aromatic carbocycles. The summed E-state index contributed by atoms with van der Waals surface area (Å²) in [6.07, 6.45) is 1.66. The van der Waals surface area contributed by atoms with Gasteiger partial charge in [0.15, 0.2) is 0 Å². The highest BCUT2D eigenvalue weighted by molar-refractivity contribution is 6.30. The number of benzene rings is 1. The number of pyridine rings is 1. The smallest absolute Gasteiger partial charge is 0.239 e. The maximum absolute atomic E-state index is 12.5. The van der Waals surface area contributed by atoms with E-state index < -0.39 is 5.41 Å². The molecule has 2 N–H and O–H groups in total. The molecule has 2 rings (SSSR count). The maximum Gasteiger partial charge on any atom is 0.239 e. The minimum atomic E-state index is -1.22. The van der Waals surface area contributed by atoms with Crippen LogP contribution >= 0.6 is 11.6 Å². The van der Waals surface area contributed by atoms with E-state index >= 15 is 0 Å². The fraction of sp³-hybridized carbons (Fsp3) is 0.278. The van der Waals surface area contributed by atoms with Crippen molar-refractivity contribution in [3.8, 4) is 0 Å². The molecule has 5 nitrogen and oxygen atoms in total. The zero-order chi connectivity index (χ0) is 17.7. The molecule has 0 aliphatic carbocycles. The Morgan fingerprint density at radius 2 is 1.92 bits per heavy atom. The Morgan fingerprint density at radius 1 is 1.17 bits per heavy atom. The summed E-state index contributed by atoms with van der Waals surface area (Å²) in [6.45, 7) is 5.29. The molecular weight excluding hydrogens is 326 g/mol. The van der Waals surface area contributed by atoms with Gasteiger partial charge in [-0.15, -0.1) is 0 Å². The molecule has 0 unspecified atom stereocenters. The first kappa shape index (κ1) is 17.9. The molecule has 2 amide bonds. The highest BCUT2D eigenvalue weighted by Crippen LogP contribution is 2.23. The van der Waals surface area contributed by atoms with E-state index in [1.807, 2.05) is 19.1 Å². The van der Waals surface area contributed by atoms with Crippen LogP contribution in [0.4, 0.5) is 5.69 Å². The van der Waals surface area contributed by atoms with Crippen LogP contribution in [-0.4, -0.2) is 16.8 Å². The summed E-state index contributed by atoms with van der Waals surface area (Å²) < 4.78 is 0. The molecule has 0 bridgehead atoms. The predicted molar refractivity (Wildman–Crippen MR) is 94.7 cm³/mol. The maximum atomic E-state index is 12.5. The van der Waals surface area contributed by atoms with E-state index in [1.165, 1.54) is 0 Å². The Morgan fingerprint density at radius 3 is 2.54 bits per heavy atom. The summed E-state index contributed by atoms with van der Waals surface area (Å²) in [7, 11) is 0. The molecule has 0 saturated carbocycles. The van der Waals surface area contributed by atoms with Crippen LogP contribution in [0.5, 0.6) is 0 Å². The van der Waals surface area contributed by atoms with Crippen LogP contribution in [0.2, 0.25) is 5.02 Å². The standard InChI is InChI=1S/C18H20ClN3O2/c1-12-10-13(19)7-8-15(12)22-17(24)18(2,3)16(23)21-11-14-6-4-5-9-20-14/h4-10H,11H2,1-3H3,(H,21,23)(H,22,24). The van der Waals surface area contributed by atoms with Gasteiger partial charge in [-0.05, 0) is 56.7 Å². The first-order valence-corrected chi connectivity index (χ1v) is 7.94. The number of carbonyl (C=O) groups is 2. The Labute approximate surface area is 146 Å². The van der Waals surface area contributed by atoms with Gasteiger partial charge >= 0.3 is 0 Å². The highest BCUT2D eigenvalue weighted by atomic mass is 35.5. The fourth-order valence-electron chi connectivity index (χ4n) is 2.04. The summed E-state index contributed by atoms with van der Waals surface area (Å²) >= 11 is 5.91. The van der Waals surface area contributed by atoms with Crippen molar-refractivity contribution in [2.45, 2.75) is 27.3 Å². The Kier molecular flexibility index (Phi) is 5.57. The van der Waals surface area contributed by atoms with Crippen LogP contribution < -0.4 is 10.6 Å². The lowest BCUT2D eigenvalue weighted by Gasteiger charge is -2.23. The van der Waals surface area contributed by atoms with Crippen LogP contribution in [-0.2, 0) is 16.1 Å². The van der Waals surface area contributed by atoms with Crippen molar-refractivity contribution >= 4 is 29.1 Å². The monoisotopic (exact) mass is 345 g/mol. The number of hydrogen-bond acceptors (Lipinski definition) is 3. The third-order valence-corrected chi connectivity index (χ3v) is 3.96. The molecule has 24 heavy (non-hydrogen) atoms. The van der Waals surface area contributed by atoms with Gasteiger partial charge < -0.3 is 10.6 Å². The first-order valence-electron chi connectivity index (χ1n) is 7.56. The van der Waals surface area contributed by atoms with Gasteiger partial charge in [-0.1, -0.05) is 17.7 Å². The first-order chi connectivity index (χ1) is 11.3. The number of nitrogens with one attached hydrogen (secondary N) is 2. The van der Waals surface area contributed by atoms with Gasteiger partial charge in [-0.2, -0.15) is 0 Å². The second-order valence-electron chi connectivity index (χ2n) is 6.04. The average molecular weight is 346 g/mol. The molecule has 0 radical (unpaired) electrons. The molecule has 1 heterocycles. The fourth-order valence-corrected chi connectivity index (χ4v) is 2.27. The quantitative estimate of drug-likeness (QED) is 0.816. The number of aromatic nitrogens is 1. The lowest BCUT2D eigenvalue weighted by molar-refractivity contribution is -0.138. The van der Waals surface area contributed by atoms with Gasteiger partial charge in [0.05, 0.1) is 12.2 Å². The molecule has 0 aliphatic heterocycles. The summed E-state index contributed by atoms with van der Waals surface area (Å²) in [6, 6.07) is 10.6. The van der Waals surface area contributed by atoms with E-state index in [4.69, 9.17) is 11.6 Å². The van der Waals surface area contributed by atoms with Crippen molar-refractivity contribution in [2.24, 2.45) is 5.41 Å². The second kappa shape index (κ2) is 7.45. The molecule has 6 heteroatoms. The lowest BCUT2D eigenvalue weighted by atomic mass is 9.90. The third-order valence-electron chi connectivity index (χ3n) is 3.73. The SMILES string of the molecule is Cc1cc(Cl)ccc1NC(=O)C(C)(C)C(=O)NCc1ccccn1. The van der Waals surface area contributed by atoms with Crippen molar-refractivity contribution in [3.05, 3.63) is 58.9 Å². The van der Waals surface area contributed by atoms with Crippen LogP contribution in [0.1, 0.15) is 25.1 Å². The third kappa shape index (κ3) is 4.32. The number of anilines is 1.